The van der Waals surface area contributed by atoms with Crippen LogP contribution in [0.15, 0.2) is 18.2 Å². The van der Waals surface area contributed by atoms with Crippen molar-refractivity contribution in [2.24, 2.45) is 0 Å². The van der Waals surface area contributed by atoms with Crippen LogP contribution in [0.25, 0.3) is 0 Å². The molecule has 0 aliphatic carbocycles. The molecule has 0 unspecified atom stereocenters. The highest BCUT2D eigenvalue weighted by molar-refractivity contribution is 7.99. The van der Waals surface area contributed by atoms with Gasteiger partial charge in [-0.1, -0.05) is 0 Å². The molecule has 1 aliphatic heterocycles. The molecule has 0 radical (unpaired) electrons. The molecule has 0 atom stereocenters. The van der Waals surface area contributed by atoms with E-state index in [-0.39, 0.29) is 5.69 Å². The normalized spacial score (nSPS) is 15.8. The number of hydrogen-bond acceptors (Lipinski definition) is 6. The predicted octanol–water partition coefficient (Wildman–Crippen LogP) is 1.87. The van der Waals surface area contributed by atoms with Crippen LogP contribution in [-0.4, -0.2) is 53.8 Å². The Morgan fingerprint density at radius 2 is 2.15 bits per heavy atom. The van der Waals surface area contributed by atoms with Gasteiger partial charge in [-0.05, 0) is 12.1 Å². The van der Waals surface area contributed by atoms with Crippen LogP contribution >= 0.6 is 11.8 Å². The van der Waals surface area contributed by atoms with Crippen molar-refractivity contribution in [3.05, 3.63) is 33.9 Å². The van der Waals surface area contributed by atoms with E-state index in [2.05, 4.69) is 10.2 Å². The van der Waals surface area contributed by atoms with Gasteiger partial charge in [0, 0.05) is 49.3 Å². The van der Waals surface area contributed by atoms with Crippen LogP contribution in [0, 0.1) is 10.1 Å². The number of thioether (sulfide) groups is 1. The molecule has 7 heteroatoms. The smallest absolute Gasteiger partial charge is 0.293 e. The number of nitro benzene ring substituents is 1. The number of nitro groups is 1. The van der Waals surface area contributed by atoms with E-state index in [0.717, 1.165) is 31.1 Å². The van der Waals surface area contributed by atoms with E-state index in [0.29, 0.717) is 24.1 Å². The van der Waals surface area contributed by atoms with Crippen molar-refractivity contribution in [2.75, 3.05) is 43.0 Å². The second kappa shape index (κ2) is 7.25. The largest absolute Gasteiger partial charge is 0.378 e. The molecule has 0 bridgehead atoms. The Balaban J connectivity index is 1.94. The molecule has 6 nitrogen and oxygen atoms in total. The van der Waals surface area contributed by atoms with Crippen LogP contribution in [0.2, 0.25) is 0 Å². The molecule has 108 valence electrons. The molecule has 1 saturated heterocycles. The van der Waals surface area contributed by atoms with Gasteiger partial charge in [-0.2, -0.15) is 11.8 Å². The minimum absolute atomic E-state index is 0.0520. The first-order valence-electron chi connectivity index (χ1n) is 6.48. The molecule has 20 heavy (non-hydrogen) atoms. The second-order valence-electron chi connectivity index (χ2n) is 4.53. The third-order valence-electron chi connectivity index (χ3n) is 3.20. The fourth-order valence-corrected chi connectivity index (χ4v) is 3.07. The average molecular weight is 295 g/mol. The van der Waals surface area contributed by atoms with E-state index in [1.165, 1.54) is 6.07 Å². The first-order valence-corrected chi connectivity index (χ1v) is 7.64. The fraction of sp³-hybridized carbons (Fsp3) is 0.462. The summed E-state index contributed by atoms with van der Waals surface area (Å²) in [5.74, 6) is 2.29. The Bertz CT molecular complexity index is 490. The van der Waals surface area contributed by atoms with E-state index in [9.17, 15) is 14.9 Å². The summed E-state index contributed by atoms with van der Waals surface area (Å²) in [6, 6.07) is 4.47. The van der Waals surface area contributed by atoms with Crippen molar-refractivity contribution < 1.29 is 9.72 Å². The van der Waals surface area contributed by atoms with Gasteiger partial charge >= 0.3 is 0 Å². The Hall–Kier alpha value is -1.60. The topological polar surface area (TPSA) is 75.5 Å². The SMILES string of the molecule is O=Cc1ccc(NCCN2CCSCC2)c([N+](=O)[O-])c1. The number of nitrogens with one attached hydrogen (secondary N) is 1. The number of carbonyl (C=O) groups excluding carboxylic acids is 1. The lowest BCUT2D eigenvalue weighted by molar-refractivity contribution is -0.384. The van der Waals surface area contributed by atoms with Crippen molar-refractivity contribution in [3.63, 3.8) is 0 Å². The Morgan fingerprint density at radius 1 is 1.40 bits per heavy atom. The van der Waals surface area contributed by atoms with Gasteiger partial charge in [-0.15, -0.1) is 0 Å². The number of carbonyl (C=O) groups is 1. The summed E-state index contributed by atoms with van der Waals surface area (Å²) in [6.45, 7) is 3.66. The molecule has 1 aliphatic rings. The van der Waals surface area contributed by atoms with Gasteiger partial charge in [0.15, 0.2) is 0 Å². The van der Waals surface area contributed by atoms with E-state index in [4.69, 9.17) is 0 Å². The lowest BCUT2D eigenvalue weighted by Gasteiger charge is -2.26. The highest BCUT2D eigenvalue weighted by Crippen LogP contribution is 2.24. The maximum Gasteiger partial charge on any atom is 0.293 e. The molecule has 1 aromatic carbocycles. The quantitative estimate of drug-likeness (QED) is 0.490. The van der Waals surface area contributed by atoms with Crippen molar-refractivity contribution in [2.45, 2.75) is 0 Å². The number of nitrogens with zero attached hydrogens (tertiary/aromatic N) is 2. The van der Waals surface area contributed by atoms with Gasteiger partial charge in [0.1, 0.15) is 12.0 Å². The molecule has 2 rings (SSSR count). The van der Waals surface area contributed by atoms with Crippen LogP contribution in [0.1, 0.15) is 10.4 Å². The van der Waals surface area contributed by atoms with Crippen molar-refractivity contribution >= 4 is 29.4 Å². The van der Waals surface area contributed by atoms with Crippen molar-refractivity contribution in [1.29, 1.82) is 0 Å². The zero-order valence-corrected chi connectivity index (χ0v) is 11.9. The molecule has 0 aromatic heterocycles. The van der Waals surface area contributed by atoms with Gasteiger partial charge in [-0.3, -0.25) is 19.8 Å². The Kier molecular flexibility index (Phi) is 5.37. The zero-order chi connectivity index (χ0) is 14.4. The van der Waals surface area contributed by atoms with E-state index in [1.807, 2.05) is 11.8 Å². The Labute approximate surface area is 121 Å². The van der Waals surface area contributed by atoms with E-state index >= 15 is 0 Å². The minimum Gasteiger partial charge on any atom is -0.378 e. The highest BCUT2D eigenvalue weighted by atomic mass is 32.2. The third kappa shape index (κ3) is 3.94. The van der Waals surface area contributed by atoms with Crippen LogP contribution in [-0.2, 0) is 0 Å². The summed E-state index contributed by atoms with van der Waals surface area (Å²) in [7, 11) is 0. The molecule has 0 saturated carbocycles. The first kappa shape index (κ1) is 14.8. The molecular formula is C13H17N3O3S. The van der Waals surface area contributed by atoms with Crippen molar-refractivity contribution in [3.8, 4) is 0 Å². The monoisotopic (exact) mass is 295 g/mol. The molecule has 1 fully saturated rings. The third-order valence-corrected chi connectivity index (χ3v) is 4.14. The zero-order valence-electron chi connectivity index (χ0n) is 11.1. The summed E-state index contributed by atoms with van der Waals surface area (Å²) in [5, 5.41) is 14.1. The number of anilines is 1. The number of hydrogen-bond donors (Lipinski definition) is 1. The molecule has 0 amide bonds. The van der Waals surface area contributed by atoms with Gasteiger partial charge in [0.25, 0.3) is 5.69 Å². The maximum absolute atomic E-state index is 11.0. The van der Waals surface area contributed by atoms with E-state index < -0.39 is 4.92 Å². The highest BCUT2D eigenvalue weighted by Gasteiger charge is 2.15. The second-order valence-corrected chi connectivity index (χ2v) is 5.76. The molecule has 1 N–H and O–H groups in total. The number of rotatable bonds is 6. The van der Waals surface area contributed by atoms with Crippen molar-refractivity contribution in [1.82, 2.24) is 4.90 Å². The standard InChI is InChI=1S/C13H17N3O3S/c17-10-11-1-2-12(13(9-11)16(18)19)14-3-4-15-5-7-20-8-6-15/h1-2,9-10,14H,3-8H2. The molecule has 1 aromatic rings. The average Bonchev–Trinajstić information content (AvgIpc) is 2.48. The first-order chi connectivity index (χ1) is 9.70. The maximum atomic E-state index is 11.0. The summed E-state index contributed by atoms with van der Waals surface area (Å²) >= 11 is 1.95. The van der Waals surface area contributed by atoms with Crippen LogP contribution < -0.4 is 5.32 Å². The minimum atomic E-state index is -0.465. The lowest BCUT2D eigenvalue weighted by atomic mass is 10.2. The Morgan fingerprint density at radius 3 is 2.80 bits per heavy atom. The number of aldehydes is 1. The van der Waals surface area contributed by atoms with Gasteiger partial charge < -0.3 is 5.32 Å². The molecular weight excluding hydrogens is 278 g/mol. The van der Waals surface area contributed by atoms with Gasteiger partial charge in [0.05, 0.1) is 4.92 Å². The summed E-state index contributed by atoms with van der Waals surface area (Å²) in [6.07, 6.45) is 0.613. The summed E-state index contributed by atoms with van der Waals surface area (Å²) < 4.78 is 0. The molecule has 0 spiro atoms. The lowest BCUT2D eigenvalue weighted by Crippen LogP contribution is -2.36. The molecule has 1 heterocycles. The van der Waals surface area contributed by atoms with E-state index in [1.54, 1.807) is 12.1 Å². The van der Waals surface area contributed by atoms with Crippen LogP contribution in [0.3, 0.4) is 0 Å². The van der Waals surface area contributed by atoms with Gasteiger partial charge in [0.2, 0.25) is 0 Å². The van der Waals surface area contributed by atoms with Crippen LogP contribution in [0.5, 0.6) is 0 Å². The summed E-state index contributed by atoms with van der Waals surface area (Å²) in [4.78, 5) is 23.5. The number of benzene rings is 1. The summed E-state index contributed by atoms with van der Waals surface area (Å²) in [5.41, 5.74) is 0.728. The predicted molar refractivity (Wildman–Crippen MR) is 80.7 cm³/mol. The van der Waals surface area contributed by atoms with Crippen LogP contribution in [0.4, 0.5) is 11.4 Å². The van der Waals surface area contributed by atoms with Gasteiger partial charge in [-0.25, -0.2) is 0 Å². The fourth-order valence-electron chi connectivity index (χ4n) is 2.10.